The van der Waals surface area contributed by atoms with E-state index < -0.39 is 0 Å². The number of aromatic nitrogens is 2. The van der Waals surface area contributed by atoms with E-state index in [-0.39, 0.29) is 24.1 Å². The van der Waals surface area contributed by atoms with Gasteiger partial charge >= 0.3 is 0 Å². The Hall–Kier alpha value is -2.19. The van der Waals surface area contributed by atoms with Crippen molar-refractivity contribution in [2.24, 2.45) is 0 Å². The molecule has 4 rings (SSSR count). The van der Waals surface area contributed by atoms with Crippen LogP contribution in [0.5, 0.6) is 5.75 Å². The molecule has 1 N–H and O–H groups in total. The number of benzene rings is 2. The summed E-state index contributed by atoms with van der Waals surface area (Å²) in [4.78, 5) is 29.5. The summed E-state index contributed by atoms with van der Waals surface area (Å²) in [6, 6.07) is 10.9. The van der Waals surface area contributed by atoms with Gasteiger partial charge in [0.1, 0.15) is 12.3 Å². The first-order valence-electron chi connectivity index (χ1n) is 8.37. The van der Waals surface area contributed by atoms with E-state index >= 15 is 0 Å². The Morgan fingerprint density at radius 3 is 2.85 bits per heavy atom. The molecule has 2 aromatic carbocycles. The van der Waals surface area contributed by atoms with E-state index in [1.54, 1.807) is 12.1 Å². The highest BCUT2D eigenvalue weighted by Crippen LogP contribution is 2.34. The summed E-state index contributed by atoms with van der Waals surface area (Å²) in [6.45, 7) is 0.445. The molecule has 0 saturated heterocycles. The van der Waals surface area contributed by atoms with Gasteiger partial charge in [0.25, 0.3) is 5.56 Å². The Labute approximate surface area is 171 Å². The van der Waals surface area contributed by atoms with Gasteiger partial charge < -0.3 is 10.1 Å². The number of ether oxygens (including phenoxy) is 1. The normalized spacial score (nSPS) is 15.9. The van der Waals surface area contributed by atoms with Crippen LogP contribution in [0.1, 0.15) is 18.0 Å². The molecule has 0 radical (unpaired) electrons. The second-order valence-electron chi connectivity index (χ2n) is 6.28. The van der Waals surface area contributed by atoms with Crippen molar-refractivity contribution in [2.45, 2.75) is 19.0 Å². The summed E-state index contributed by atoms with van der Waals surface area (Å²) in [5, 5.41) is 3.47. The molecule has 0 bridgehead atoms. The maximum absolute atomic E-state index is 12.6. The van der Waals surface area contributed by atoms with E-state index in [1.807, 2.05) is 24.3 Å². The Morgan fingerprint density at radius 1 is 1.22 bits per heavy atom. The first-order chi connectivity index (χ1) is 13.0. The van der Waals surface area contributed by atoms with E-state index in [1.165, 1.54) is 10.9 Å². The molecule has 1 atom stereocenters. The zero-order valence-electron chi connectivity index (χ0n) is 14.1. The van der Waals surface area contributed by atoms with Crippen LogP contribution in [0.4, 0.5) is 0 Å². The van der Waals surface area contributed by atoms with Crippen molar-refractivity contribution in [3.63, 3.8) is 0 Å². The lowest BCUT2D eigenvalue weighted by atomic mass is 10.0. The SMILES string of the molecule is O=C(Cn1cnc2ccc(Br)cc2c1=O)NC1CCOc2ccc(Br)cc21. The largest absolute Gasteiger partial charge is 0.493 e. The lowest BCUT2D eigenvalue weighted by Crippen LogP contribution is -2.36. The molecule has 1 aliphatic rings. The summed E-state index contributed by atoms with van der Waals surface area (Å²) < 4.78 is 8.68. The predicted molar refractivity (Wildman–Crippen MR) is 109 cm³/mol. The summed E-state index contributed by atoms with van der Waals surface area (Å²) in [7, 11) is 0. The van der Waals surface area contributed by atoms with Gasteiger partial charge in [-0.15, -0.1) is 0 Å². The van der Waals surface area contributed by atoms with Crippen molar-refractivity contribution in [1.29, 1.82) is 0 Å². The minimum absolute atomic E-state index is 0.0883. The Kier molecular flexibility index (Phi) is 5.01. The maximum atomic E-state index is 12.6. The lowest BCUT2D eigenvalue weighted by Gasteiger charge is -2.27. The average molecular weight is 493 g/mol. The van der Waals surface area contributed by atoms with Crippen LogP contribution in [0.2, 0.25) is 0 Å². The van der Waals surface area contributed by atoms with Crippen molar-refractivity contribution < 1.29 is 9.53 Å². The smallest absolute Gasteiger partial charge is 0.261 e. The Balaban J connectivity index is 1.56. The van der Waals surface area contributed by atoms with Crippen LogP contribution >= 0.6 is 31.9 Å². The number of carbonyl (C=O) groups excluding carboxylic acids is 1. The van der Waals surface area contributed by atoms with Crippen molar-refractivity contribution in [1.82, 2.24) is 14.9 Å². The molecule has 1 unspecified atom stereocenters. The second-order valence-corrected chi connectivity index (χ2v) is 8.11. The standard InChI is InChI=1S/C19H15Br2N3O3/c20-11-1-3-15-14(8-11)19(26)24(10-22-15)9-18(25)23-16-5-6-27-17-4-2-12(21)7-13(16)17/h1-4,7-8,10,16H,5-6,9H2,(H,23,25). The van der Waals surface area contributed by atoms with Crippen LogP contribution < -0.4 is 15.6 Å². The topological polar surface area (TPSA) is 73.2 Å². The number of nitrogens with one attached hydrogen (secondary N) is 1. The van der Waals surface area contributed by atoms with Crippen molar-refractivity contribution in [2.75, 3.05) is 6.61 Å². The molecule has 27 heavy (non-hydrogen) atoms. The van der Waals surface area contributed by atoms with E-state index in [0.29, 0.717) is 23.9 Å². The minimum atomic E-state index is -0.244. The van der Waals surface area contributed by atoms with E-state index in [4.69, 9.17) is 4.74 Å². The zero-order valence-corrected chi connectivity index (χ0v) is 17.3. The third-order valence-corrected chi connectivity index (χ3v) is 5.43. The third-order valence-electron chi connectivity index (χ3n) is 4.45. The van der Waals surface area contributed by atoms with Gasteiger partial charge in [-0.2, -0.15) is 0 Å². The number of amides is 1. The Morgan fingerprint density at radius 2 is 2.00 bits per heavy atom. The zero-order chi connectivity index (χ0) is 19.0. The number of rotatable bonds is 3. The maximum Gasteiger partial charge on any atom is 0.261 e. The molecule has 8 heteroatoms. The van der Waals surface area contributed by atoms with Crippen LogP contribution in [0, 0.1) is 0 Å². The molecular formula is C19H15Br2N3O3. The summed E-state index contributed by atoms with van der Waals surface area (Å²) in [5.41, 5.74) is 1.28. The first kappa shape index (κ1) is 18.2. The van der Waals surface area contributed by atoms with Crippen LogP contribution in [-0.2, 0) is 11.3 Å². The van der Waals surface area contributed by atoms with E-state index in [2.05, 4.69) is 42.2 Å². The number of hydrogen-bond donors (Lipinski definition) is 1. The number of carbonyl (C=O) groups is 1. The van der Waals surface area contributed by atoms with Gasteiger partial charge in [0.2, 0.25) is 5.91 Å². The van der Waals surface area contributed by atoms with Gasteiger partial charge in [-0.3, -0.25) is 14.2 Å². The van der Waals surface area contributed by atoms with Crippen LogP contribution in [0.3, 0.4) is 0 Å². The summed E-state index contributed by atoms with van der Waals surface area (Å²) in [5.74, 6) is 0.523. The molecule has 138 valence electrons. The fraction of sp³-hybridized carbons (Fsp3) is 0.211. The van der Waals surface area contributed by atoms with E-state index in [0.717, 1.165) is 20.3 Å². The molecule has 0 aliphatic carbocycles. The first-order valence-corrected chi connectivity index (χ1v) is 9.96. The van der Waals surface area contributed by atoms with Crippen molar-refractivity contribution in [3.8, 4) is 5.75 Å². The van der Waals surface area contributed by atoms with E-state index in [9.17, 15) is 9.59 Å². The predicted octanol–water partition coefficient (Wildman–Crippen LogP) is 3.56. The highest BCUT2D eigenvalue weighted by atomic mass is 79.9. The van der Waals surface area contributed by atoms with Crippen LogP contribution in [0.25, 0.3) is 10.9 Å². The molecule has 1 aliphatic heterocycles. The van der Waals surface area contributed by atoms with Crippen LogP contribution in [-0.4, -0.2) is 22.1 Å². The number of fused-ring (bicyclic) bond motifs is 2. The molecule has 6 nitrogen and oxygen atoms in total. The van der Waals surface area contributed by atoms with Gasteiger partial charge in [0, 0.05) is 20.9 Å². The quantitative estimate of drug-likeness (QED) is 0.606. The molecular weight excluding hydrogens is 478 g/mol. The lowest BCUT2D eigenvalue weighted by molar-refractivity contribution is -0.122. The van der Waals surface area contributed by atoms with Gasteiger partial charge in [0.05, 0.1) is 29.9 Å². The van der Waals surface area contributed by atoms with Crippen molar-refractivity contribution >= 4 is 48.7 Å². The highest BCUT2D eigenvalue weighted by molar-refractivity contribution is 9.10. The molecule has 1 amide bonds. The Bertz CT molecular complexity index is 1100. The van der Waals surface area contributed by atoms with Gasteiger partial charge in [-0.1, -0.05) is 31.9 Å². The average Bonchev–Trinajstić information content (AvgIpc) is 2.65. The fourth-order valence-electron chi connectivity index (χ4n) is 3.15. The minimum Gasteiger partial charge on any atom is -0.493 e. The van der Waals surface area contributed by atoms with Crippen LogP contribution in [0.15, 0.2) is 56.5 Å². The highest BCUT2D eigenvalue weighted by Gasteiger charge is 2.23. The summed E-state index contributed by atoms with van der Waals surface area (Å²) in [6.07, 6.45) is 2.08. The van der Waals surface area contributed by atoms with Gasteiger partial charge in [0.15, 0.2) is 0 Å². The molecule has 0 spiro atoms. The van der Waals surface area contributed by atoms with Gasteiger partial charge in [-0.25, -0.2) is 4.98 Å². The summed E-state index contributed by atoms with van der Waals surface area (Å²) >= 11 is 6.81. The molecule has 0 fully saturated rings. The van der Waals surface area contributed by atoms with Crippen molar-refractivity contribution in [3.05, 3.63) is 67.6 Å². The molecule has 1 aromatic heterocycles. The second kappa shape index (κ2) is 7.44. The monoisotopic (exact) mass is 491 g/mol. The number of nitrogens with zero attached hydrogens (tertiary/aromatic N) is 2. The molecule has 0 saturated carbocycles. The molecule has 2 heterocycles. The van der Waals surface area contributed by atoms with Gasteiger partial charge in [-0.05, 0) is 36.4 Å². The molecule has 3 aromatic rings. The third kappa shape index (κ3) is 3.77. The number of hydrogen-bond acceptors (Lipinski definition) is 4. The number of halogens is 2. The fourth-order valence-corrected chi connectivity index (χ4v) is 3.89.